The minimum atomic E-state index is -0.383. The third-order valence-corrected chi connectivity index (χ3v) is 8.37. The fourth-order valence-corrected chi connectivity index (χ4v) is 6.49. The first-order valence-electron chi connectivity index (χ1n) is 9.69. The van der Waals surface area contributed by atoms with Gasteiger partial charge >= 0.3 is 0 Å². The molecule has 132 valence electrons. The molecule has 0 N–H and O–H groups in total. The van der Waals surface area contributed by atoms with Gasteiger partial charge < -0.3 is 0 Å². The van der Waals surface area contributed by atoms with Crippen molar-refractivity contribution in [3.05, 3.63) is 51.2 Å². The third kappa shape index (κ3) is 4.11. The Morgan fingerprint density at radius 1 is 0.917 bits per heavy atom. The molecule has 1 aromatic carbocycles. The van der Waals surface area contributed by atoms with Gasteiger partial charge in [0.05, 0.1) is 9.52 Å². The molecular weight excluding hydrogens is 304 g/mol. The van der Waals surface area contributed by atoms with E-state index in [9.17, 15) is 0 Å². The van der Waals surface area contributed by atoms with Crippen molar-refractivity contribution in [1.82, 2.24) is 0 Å². The molecule has 0 saturated carbocycles. The SMILES string of the molecule is CC1=C(C)C(C)C([SiH2]c2cccc(CC(C)C)c2CC(C)C)=C1C. The molecule has 0 aliphatic heterocycles. The molecule has 1 atom stereocenters. The van der Waals surface area contributed by atoms with Gasteiger partial charge in [-0.3, -0.25) is 0 Å². The molecule has 0 fully saturated rings. The minimum Gasteiger partial charge on any atom is -0.0728 e. The Balaban J connectivity index is 2.40. The highest BCUT2D eigenvalue weighted by molar-refractivity contribution is 6.62. The zero-order valence-corrected chi connectivity index (χ0v) is 18.5. The first-order chi connectivity index (χ1) is 11.2. The van der Waals surface area contributed by atoms with Crippen LogP contribution in [0.25, 0.3) is 0 Å². The van der Waals surface area contributed by atoms with Crippen LogP contribution in [0.2, 0.25) is 0 Å². The summed E-state index contributed by atoms with van der Waals surface area (Å²) in [7, 11) is -0.383. The molecule has 2 rings (SSSR count). The Kier molecular flexibility index (Phi) is 6.31. The van der Waals surface area contributed by atoms with Crippen molar-refractivity contribution in [2.75, 3.05) is 0 Å². The number of rotatable bonds is 6. The standard InChI is InChI=1S/C23H36Si/c1-14(2)12-20-10-9-11-22(21(20)13-15(3)4)24-23-18(7)16(5)17(6)19(23)8/h9-11,14-15,18H,12-13,24H2,1-8H3. The molecule has 0 radical (unpaired) electrons. The molecule has 1 aromatic rings. The first-order valence-corrected chi connectivity index (χ1v) is 11.1. The van der Waals surface area contributed by atoms with Crippen molar-refractivity contribution >= 4 is 14.7 Å². The molecule has 1 aliphatic carbocycles. The third-order valence-electron chi connectivity index (χ3n) is 5.80. The summed E-state index contributed by atoms with van der Waals surface area (Å²) in [6, 6.07) is 7.12. The van der Waals surface area contributed by atoms with E-state index in [1.54, 1.807) is 38.2 Å². The fourth-order valence-electron chi connectivity index (χ4n) is 4.09. The molecule has 0 spiro atoms. The Morgan fingerprint density at radius 3 is 2.04 bits per heavy atom. The van der Waals surface area contributed by atoms with Crippen LogP contribution in [-0.2, 0) is 12.8 Å². The van der Waals surface area contributed by atoms with Crippen LogP contribution in [0.3, 0.4) is 0 Å². The molecule has 0 heterocycles. The summed E-state index contributed by atoms with van der Waals surface area (Å²) in [4.78, 5) is 0. The van der Waals surface area contributed by atoms with Crippen molar-refractivity contribution < 1.29 is 0 Å². The van der Waals surface area contributed by atoms with E-state index in [1.165, 1.54) is 12.8 Å². The highest BCUT2D eigenvalue weighted by atomic mass is 28.2. The van der Waals surface area contributed by atoms with Crippen LogP contribution in [0.5, 0.6) is 0 Å². The van der Waals surface area contributed by atoms with Crippen molar-refractivity contribution in [3.8, 4) is 0 Å². The average Bonchev–Trinajstić information content (AvgIpc) is 2.67. The second-order valence-electron chi connectivity index (χ2n) is 8.61. The van der Waals surface area contributed by atoms with Crippen LogP contribution in [-0.4, -0.2) is 9.52 Å². The van der Waals surface area contributed by atoms with Crippen LogP contribution in [0.1, 0.15) is 66.5 Å². The van der Waals surface area contributed by atoms with E-state index in [4.69, 9.17) is 0 Å². The molecule has 1 heteroatoms. The summed E-state index contributed by atoms with van der Waals surface area (Å²) in [5.74, 6) is 2.12. The minimum absolute atomic E-state index is 0.383. The quantitative estimate of drug-likeness (QED) is 0.629. The maximum absolute atomic E-state index is 2.43. The van der Waals surface area contributed by atoms with Gasteiger partial charge in [0.1, 0.15) is 0 Å². The summed E-state index contributed by atoms with van der Waals surface area (Å²) < 4.78 is 0. The van der Waals surface area contributed by atoms with Gasteiger partial charge in [0.25, 0.3) is 0 Å². The van der Waals surface area contributed by atoms with Crippen molar-refractivity contribution in [3.63, 3.8) is 0 Å². The van der Waals surface area contributed by atoms with E-state index in [0.717, 1.165) is 11.8 Å². The lowest BCUT2D eigenvalue weighted by atomic mass is 9.93. The molecule has 0 aromatic heterocycles. The molecule has 0 nitrogen and oxygen atoms in total. The van der Waals surface area contributed by atoms with E-state index < -0.39 is 0 Å². The number of hydrogen-bond acceptors (Lipinski definition) is 0. The monoisotopic (exact) mass is 340 g/mol. The summed E-state index contributed by atoms with van der Waals surface area (Å²) in [5.41, 5.74) is 8.03. The highest BCUT2D eigenvalue weighted by Gasteiger charge is 2.24. The van der Waals surface area contributed by atoms with Crippen molar-refractivity contribution in [1.29, 1.82) is 0 Å². The summed E-state index contributed by atoms with van der Waals surface area (Å²) >= 11 is 0. The van der Waals surface area contributed by atoms with Gasteiger partial charge in [0.2, 0.25) is 0 Å². The van der Waals surface area contributed by atoms with E-state index in [0.29, 0.717) is 5.92 Å². The van der Waals surface area contributed by atoms with Gasteiger partial charge in [-0.25, -0.2) is 0 Å². The maximum Gasteiger partial charge on any atom is 0.0839 e. The lowest BCUT2D eigenvalue weighted by Crippen LogP contribution is -2.26. The van der Waals surface area contributed by atoms with Crippen molar-refractivity contribution in [2.45, 2.75) is 68.2 Å². The zero-order chi connectivity index (χ0) is 18.0. The summed E-state index contributed by atoms with van der Waals surface area (Å²) in [6.07, 6.45) is 2.45. The summed E-state index contributed by atoms with van der Waals surface area (Å²) in [5, 5.41) is 3.47. The molecule has 24 heavy (non-hydrogen) atoms. The molecule has 0 saturated heterocycles. The molecular formula is C23H36Si. The Morgan fingerprint density at radius 2 is 1.54 bits per heavy atom. The number of hydrogen-bond donors (Lipinski definition) is 0. The van der Waals surface area contributed by atoms with Crippen LogP contribution >= 0.6 is 0 Å². The van der Waals surface area contributed by atoms with E-state index in [2.05, 4.69) is 73.6 Å². The zero-order valence-electron chi connectivity index (χ0n) is 17.1. The second kappa shape index (κ2) is 7.87. The Bertz CT molecular complexity index is 659. The van der Waals surface area contributed by atoms with Crippen LogP contribution in [0, 0.1) is 17.8 Å². The Hall–Kier alpha value is -1.08. The van der Waals surface area contributed by atoms with Gasteiger partial charge in [-0.2, -0.15) is 0 Å². The molecule has 0 bridgehead atoms. The predicted molar refractivity (Wildman–Crippen MR) is 112 cm³/mol. The number of benzene rings is 1. The lowest BCUT2D eigenvalue weighted by molar-refractivity contribution is 0.617. The normalized spacial score (nSPS) is 19.0. The number of allylic oxidation sites excluding steroid dienone is 4. The first kappa shape index (κ1) is 19.2. The van der Waals surface area contributed by atoms with Gasteiger partial charge in [-0.05, 0) is 68.1 Å². The van der Waals surface area contributed by atoms with E-state index in [-0.39, 0.29) is 9.52 Å². The average molecular weight is 341 g/mol. The Labute approximate surface area is 152 Å². The van der Waals surface area contributed by atoms with Gasteiger partial charge in [0.15, 0.2) is 0 Å². The predicted octanol–water partition coefficient (Wildman–Crippen LogP) is 5.14. The van der Waals surface area contributed by atoms with Crippen LogP contribution in [0.15, 0.2) is 40.1 Å². The van der Waals surface area contributed by atoms with Crippen LogP contribution in [0.4, 0.5) is 0 Å². The topological polar surface area (TPSA) is 0 Å². The second-order valence-corrected chi connectivity index (χ2v) is 10.5. The summed E-state index contributed by atoms with van der Waals surface area (Å²) in [6.45, 7) is 18.8. The van der Waals surface area contributed by atoms with E-state index in [1.807, 2.05) is 0 Å². The highest BCUT2D eigenvalue weighted by Crippen LogP contribution is 2.36. The fraction of sp³-hybridized carbons (Fsp3) is 0.565. The molecule has 1 unspecified atom stereocenters. The van der Waals surface area contributed by atoms with Gasteiger partial charge in [0, 0.05) is 0 Å². The van der Waals surface area contributed by atoms with Gasteiger partial charge in [-0.1, -0.05) is 74.3 Å². The molecule has 0 amide bonds. The van der Waals surface area contributed by atoms with Gasteiger partial charge in [-0.15, -0.1) is 0 Å². The maximum atomic E-state index is 2.43. The lowest BCUT2D eigenvalue weighted by Gasteiger charge is -2.20. The van der Waals surface area contributed by atoms with Crippen LogP contribution < -0.4 is 5.19 Å². The van der Waals surface area contributed by atoms with Crippen molar-refractivity contribution in [2.24, 2.45) is 17.8 Å². The molecule has 1 aliphatic rings. The smallest absolute Gasteiger partial charge is 0.0728 e. The largest absolute Gasteiger partial charge is 0.0839 e. The van der Waals surface area contributed by atoms with E-state index >= 15 is 0 Å².